The van der Waals surface area contributed by atoms with Crippen molar-refractivity contribution in [3.05, 3.63) is 28.0 Å². The third kappa shape index (κ3) is 2.34. The van der Waals surface area contributed by atoms with E-state index < -0.39 is 0 Å². The highest BCUT2D eigenvalue weighted by atomic mass is 35.5. The molecule has 0 aromatic carbocycles. The molecular formula is C8H7ClN4OS. The molecule has 1 amide bonds. The van der Waals surface area contributed by atoms with Crippen molar-refractivity contribution in [2.24, 2.45) is 0 Å². The Bertz CT molecular complexity index is 492. The number of amides is 1. The first-order chi connectivity index (χ1) is 7.15. The van der Waals surface area contributed by atoms with Crippen LogP contribution in [0.3, 0.4) is 0 Å². The average Bonchev–Trinajstić information content (AvgIpc) is 2.75. The standard InChI is InChI=1S/C8H7ClN4OS/c1-4-12-13-8(15-4)11-7(14)6-2-5(9)3-10-6/h2-3,10H,1H3,(H,11,13,14). The van der Waals surface area contributed by atoms with E-state index in [1.54, 1.807) is 12.3 Å². The summed E-state index contributed by atoms with van der Waals surface area (Å²) in [7, 11) is 0. The third-order valence-electron chi connectivity index (χ3n) is 1.64. The van der Waals surface area contributed by atoms with E-state index in [0.717, 1.165) is 5.01 Å². The van der Waals surface area contributed by atoms with Gasteiger partial charge in [-0.25, -0.2) is 0 Å². The fraction of sp³-hybridized carbons (Fsp3) is 0.125. The lowest BCUT2D eigenvalue weighted by molar-refractivity contribution is 0.102. The summed E-state index contributed by atoms with van der Waals surface area (Å²) < 4.78 is 0. The molecule has 0 bridgehead atoms. The predicted octanol–water partition coefficient (Wildman–Crippen LogP) is 2.08. The van der Waals surface area contributed by atoms with Gasteiger partial charge >= 0.3 is 0 Å². The van der Waals surface area contributed by atoms with Gasteiger partial charge in [-0.15, -0.1) is 10.2 Å². The predicted molar refractivity (Wildman–Crippen MR) is 58.4 cm³/mol. The van der Waals surface area contributed by atoms with E-state index >= 15 is 0 Å². The van der Waals surface area contributed by atoms with Crippen LogP contribution in [-0.4, -0.2) is 21.1 Å². The van der Waals surface area contributed by atoms with E-state index in [4.69, 9.17) is 11.6 Å². The lowest BCUT2D eigenvalue weighted by Crippen LogP contribution is -2.11. The number of hydrogen-bond acceptors (Lipinski definition) is 4. The molecule has 0 radical (unpaired) electrons. The maximum absolute atomic E-state index is 11.6. The summed E-state index contributed by atoms with van der Waals surface area (Å²) in [6.07, 6.45) is 1.54. The van der Waals surface area contributed by atoms with Gasteiger partial charge in [0.25, 0.3) is 5.91 Å². The van der Waals surface area contributed by atoms with Gasteiger partial charge in [0.2, 0.25) is 5.13 Å². The average molecular weight is 243 g/mol. The number of carbonyl (C=O) groups excluding carboxylic acids is 1. The molecule has 15 heavy (non-hydrogen) atoms. The van der Waals surface area contributed by atoms with Crippen LogP contribution in [0.15, 0.2) is 12.3 Å². The van der Waals surface area contributed by atoms with Crippen LogP contribution in [0.2, 0.25) is 5.02 Å². The zero-order chi connectivity index (χ0) is 10.8. The zero-order valence-corrected chi connectivity index (χ0v) is 9.32. The van der Waals surface area contributed by atoms with Gasteiger partial charge in [-0.3, -0.25) is 10.1 Å². The zero-order valence-electron chi connectivity index (χ0n) is 7.74. The molecule has 2 aromatic rings. The van der Waals surface area contributed by atoms with Crippen molar-refractivity contribution in [3.63, 3.8) is 0 Å². The monoisotopic (exact) mass is 242 g/mol. The van der Waals surface area contributed by atoms with E-state index in [9.17, 15) is 4.79 Å². The van der Waals surface area contributed by atoms with Gasteiger partial charge < -0.3 is 4.98 Å². The second-order valence-electron chi connectivity index (χ2n) is 2.81. The van der Waals surface area contributed by atoms with Crippen LogP contribution >= 0.6 is 22.9 Å². The van der Waals surface area contributed by atoms with Crippen molar-refractivity contribution in [2.45, 2.75) is 6.92 Å². The van der Waals surface area contributed by atoms with Crippen LogP contribution in [0, 0.1) is 6.92 Å². The van der Waals surface area contributed by atoms with E-state index in [1.807, 2.05) is 6.92 Å². The highest BCUT2D eigenvalue weighted by molar-refractivity contribution is 7.15. The van der Waals surface area contributed by atoms with E-state index in [-0.39, 0.29) is 5.91 Å². The summed E-state index contributed by atoms with van der Waals surface area (Å²) in [4.78, 5) is 14.3. The molecule has 0 saturated heterocycles. The fourth-order valence-corrected chi connectivity index (χ4v) is 1.76. The highest BCUT2D eigenvalue weighted by Crippen LogP contribution is 2.15. The molecule has 5 nitrogen and oxygen atoms in total. The molecule has 0 aliphatic heterocycles. The van der Waals surface area contributed by atoms with Gasteiger partial charge in [0.05, 0.1) is 5.02 Å². The molecule has 2 N–H and O–H groups in total. The lowest BCUT2D eigenvalue weighted by Gasteiger charge is -1.96. The van der Waals surface area contributed by atoms with Gasteiger partial charge in [0.15, 0.2) is 0 Å². The summed E-state index contributed by atoms with van der Waals surface area (Å²) in [6, 6.07) is 1.55. The Morgan fingerprint density at radius 1 is 1.60 bits per heavy atom. The number of rotatable bonds is 2. The van der Waals surface area contributed by atoms with E-state index in [2.05, 4.69) is 20.5 Å². The minimum absolute atomic E-state index is 0.280. The summed E-state index contributed by atoms with van der Waals surface area (Å²) >= 11 is 6.99. The number of halogens is 1. The van der Waals surface area contributed by atoms with Gasteiger partial charge in [-0.2, -0.15) is 0 Å². The molecule has 7 heteroatoms. The van der Waals surface area contributed by atoms with Crippen LogP contribution in [0.25, 0.3) is 0 Å². The Labute approximate surface area is 94.5 Å². The topological polar surface area (TPSA) is 70.7 Å². The van der Waals surface area contributed by atoms with Crippen molar-refractivity contribution < 1.29 is 4.79 Å². The molecule has 0 unspecified atom stereocenters. The van der Waals surface area contributed by atoms with Crippen LogP contribution in [-0.2, 0) is 0 Å². The summed E-state index contributed by atoms with van der Waals surface area (Å²) in [5, 5.41) is 11.9. The van der Waals surface area contributed by atoms with Crippen LogP contribution in [0.4, 0.5) is 5.13 Å². The van der Waals surface area contributed by atoms with Crippen LogP contribution in [0.5, 0.6) is 0 Å². The Hall–Kier alpha value is -1.40. The van der Waals surface area contributed by atoms with E-state index in [1.165, 1.54) is 11.3 Å². The first kappa shape index (κ1) is 10.1. The van der Waals surface area contributed by atoms with Crippen LogP contribution < -0.4 is 5.32 Å². The smallest absolute Gasteiger partial charge is 0.273 e. The molecule has 0 fully saturated rings. The summed E-state index contributed by atoms with van der Waals surface area (Å²) in [6.45, 7) is 1.82. The maximum Gasteiger partial charge on any atom is 0.273 e. The molecule has 0 saturated carbocycles. The van der Waals surface area contributed by atoms with Crippen molar-refractivity contribution in [1.29, 1.82) is 0 Å². The second kappa shape index (κ2) is 4.00. The molecule has 2 rings (SSSR count). The molecule has 2 aromatic heterocycles. The first-order valence-electron chi connectivity index (χ1n) is 4.10. The number of aromatic amines is 1. The molecular weight excluding hydrogens is 236 g/mol. The normalized spacial score (nSPS) is 10.3. The molecule has 2 heterocycles. The van der Waals surface area contributed by atoms with Crippen molar-refractivity contribution in [2.75, 3.05) is 5.32 Å². The number of anilines is 1. The first-order valence-corrected chi connectivity index (χ1v) is 5.30. The Balaban J connectivity index is 2.10. The number of carbonyl (C=O) groups is 1. The minimum atomic E-state index is -0.280. The number of H-pyrrole nitrogens is 1. The minimum Gasteiger partial charge on any atom is -0.356 e. The number of aromatic nitrogens is 3. The quantitative estimate of drug-likeness (QED) is 0.847. The lowest BCUT2D eigenvalue weighted by atomic mass is 10.4. The molecule has 0 aliphatic rings. The fourth-order valence-electron chi connectivity index (χ4n) is 1.01. The van der Waals surface area contributed by atoms with Gasteiger partial charge in [0, 0.05) is 6.20 Å². The Kier molecular flexibility index (Phi) is 2.70. The van der Waals surface area contributed by atoms with Gasteiger partial charge in [-0.1, -0.05) is 22.9 Å². The highest BCUT2D eigenvalue weighted by Gasteiger charge is 2.10. The Morgan fingerprint density at radius 2 is 2.40 bits per heavy atom. The SMILES string of the molecule is Cc1nnc(NC(=O)c2cc(Cl)c[nH]2)s1. The Morgan fingerprint density at radius 3 is 2.93 bits per heavy atom. The third-order valence-corrected chi connectivity index (χ3v) is 2.61. The molecule has 0 atom stereocenters. The largest absolute Gasteiger partial charge is 0.356 e. The van der Waals surface area contributed by atoms with E-state index in [0.29, 0.717) is 15.8 Å². The summed E-state index contributed by atoms with van der Waals surface area (Å²) in [5.41, 5.74) is 0.396. The number of nitrogens with one attached hydrogen (secondary N) is 2. The molecule has 0 aliphatic carbocycles. The number of aryl methyl sites for hydroxylation is 1. The van der Waals surface area contributed by atoms with Crippen molar-refractivity contribution in [1.82, 2.24) is 15.2 Å². The maximum atomic E-state index is 11.6. The molecule has 0 spiro atoms. The second-order valence-corrected chi connectivity index (χ2v) is 4.43. The van der Waals surface area contributed by atoms with Gasteiger partial charge in [0.1, 0.15) is 10.7 Å². The number of nitrogens with zero attached hydrogens (tertiary/aromatic N) is 2. The summed E-state index contributed by atoms with van der Waals surface area (Å²) in [5.74, 6) is -0.280. The van der Waals surface area contributed by atoms with Crippen molar-refractivity contribution >= 4 is 34.0 Å². The van der Waals surface area contributed by atoms with Crippen LogP contribution in [0.1, 0.15) is 15.5 Å². The number of hydrogen-bond donors (Lipinski definition) is 2. The van der Waals surface area contributed by atoms with Gasteiger partial charge in [-0.05, 0) is 13.0 Å². The van der Waals surface area contributed by atoms with Crippen molar-refractivity contribution in [3.8, 4) is 0 Å². The molecule has 78 valence electrons.